The number of urea groups is 1. The summed E-state index contributed by atoms with van der Waals surface area (Å²) in [7, 11) is 0. The molecule has 0 saturated heterocycles. The van der Waals surface area contributed by atoms with Crippen molar-refractivity contribution in [3.63, 3.8) is 0 Å². The van der Waals surface area contributed by atoms with Crippen LogP contribution in [0, 0.1) is 6.92 Å². The molecule has 108 valence electrons. The second-order valence-corrected chi connectivity index (χ2v) is 4.86. The van der Waals surface area contributed by atoms with E-state index < -0.39 is 0 Å². The van der Waals surface area contributed by atoms with E-state index in [1.165, 1.54) is 5.56 Å². The highest BCUT2D eigenvalue weighted by molar-refractivity contribution is 5.91. The van der Waals surface area contributed by atoms with Gasteiger partial charge in [0, 0.05) is 11.9 Å². The number of para-hydroxylation sites is 1. The van der Waals surface area contributed by atoms with Gasteiger partial charge in [-0.05, 0) is 36.6 Å². The van der Waals surface area contributed by atoms with Crippen LogP contribution in [0.3, 0.4) is 0 Å². The lowest BCUT2D eigenvalue weighted by Crippen LogP contribution is -2.24. The van der Waals surface area contributed by atoms with Gasteiger partial charge in [0.25, 0.3) is 0 Å². The van der Waals surface area contributed by atoms with E-state index in [0.717, 1.165) is 23.2 Å². The SMILES string of the molecule is CCc1ccccc1NC(=O)N/C=C/c1cccc(C)c1. The number of amides is 2. The van der Waals surface area contributed by atoms with Gasteiger partial charge in [-0.15, -0.1) is 0 Å². The van der Waals surface area contributed by atoms with Crippen molar-refractivity contribution in [1.82, 2.24) is 5.32 Å². The van der Waals surface area contributed by atoms with Gasteiger partial charge in [0.2, 0.25) is 0 Å². The number of hydrogen-bond donors (Lipinski definition) is 2. The van der Waals surface area contributed by atoms with E-state index in [9.17, 15) is 4.79 Å². The van der Waals surface area contributed by atoms with E-state index in [0.29, 0.717) is 0 Å². The lowest BCUT2D eigenvalue weighted by Gasteiger charge is -2.09. The summed E-state index contributed by atoms with van der Waals surface area (Å²) in [6.45, 7) is 4.11. The second kappa shape index (κ2) is 7.29. The Morgan fingerprint density at radius 2 is 1.95 bits per heavy atom. The van der Waals surface area contributed by atoms with Crippen LogP contribution < -0.4 is 10.6 Å². The Balaban J connectivity index is 1.93. The van der Waals surface area contributed by atoms with Gasteiger partial charge in [-0.25, -0.2) is 4.79 Å². The Morgan fingerprint density at radius 1 is 1.14 bits per heavy atom. The van der Waals surface area contributed by atoms with Crippen molar-refractivity contribution in [3.8, 4) is 0 Å². The predicted molar refractivity (Wildman–Crippen MR) is 88.2 cm³/mol. The Morgan fingerprint density at radius 3 is 2.71 bits per heavy atom. The van der Waals surface area contributed by atoms with Crippen molar-refractivity contribution in [2.24, 2.45) is 0 Å². The summed E-state index contributed by atoms with van der Waals surface area (Å²) >= 11 is 0. The quantitative estimate of drug-likeness (QED) is 0.859. The van der Waals surface area contributed by atoms with Gasteiger partial charge in [0.15, 0.2) is 0 Å². The van der Waals surface area contributed by atoms with Crippen LogP contribution in [0.2, 0.25) is 0 Å². The highest BCUT2D eigenvalue weighted by Gasteiger charge is 2.02. The van der Waals surface area contributed by atoms with Crippen LogP contribution in [0.1, 0.15) is 23.6 Å². The molecule has 2 aromatic carbocycles. The highest BCUT2D eigenvalue weighted by atomic mass is 16.2. The molecule has 0 saturated carbocycles. The van der Waals surface area contributed by atoms with E-state index in [1.54, 1.807) is 6.20 Å². The van der Waals surface area contributed by atoms with Gasteiger partial charge in [-0.3, -0.25) is 0 Å². The average Bonchev–Trinajstić information content (AvgIpc) is 2.48. The normalized spacial score (nSPS) is 10.6. The summed E-state index contributed by atoms with van der Waals surface area (Å²) in [4.78, 5) is 11.9. The molecule has 0 bridgehead atoms. The number of benzene rings is 2. The smallest absolute Gasteiger partial charge is 0.314 e. The zero-order chi connectivity index (χ0) is 15.1. The Kier molecular flexibility index (Phi) is 5.16. The maximum atomic E-state index is 11.9. The van der Waals surface area contributed by atoms with E-state index in [2.05, 4.69) is 23.6 Å². The minimum atomic E-state index is -0.236. The number of rotatable bonds is 4. The van der Waals surface area contributed by atoms with Crippen LogP contribution in [0.4, 0.5) is 10.5 Å². The Hall–Kier alpha value is -2.55. The number of carbonyl (C=O) groups is 1. The molecule has 2 aromatic rings. The molecular weight excluding hydrogens is 260 g/mol. The first kappa shape index (κ1) is 14.9. The van der Waals surface area contributed by atoms with Crippen molar-refractivity contribution in [3.05, 3.63) is 71.4 Å². The van der Waals surface area contributed by atoms with Gasteiger partial charge >= 0.3 is 6.03 Å². The van der Waals surface area contributed by atoms with Crippen LogP contribution in [0.25, 0.3) is 6.08 Å². The fraction of sp³-hybridized carbons (Fsp3) is 0.167. The van der Waals surface area contributed by atoms with Crippen molar-refractivity contribution >= 4 is 17.8 Å². The molecule has 0 fully saturated rings. The third-order valence-electron chi connectivity index (χ3n) is 3.18. The first-order valence-electron chi connectivity index (χ1n) is 7.07. The molecule has 3 heteroatoms. The molecular formula is C18H20N2O. The first-order chi connectivity index (χ1) is 10.2. The average molecular weight is 280 g/mol. The fourth-order valence-corrected chi connectivity index (χ4v) is 2.10. The summed E-state index contributed by atoms with van der Waals surface area (Å²) in [6, 6.07) is 15.7. The number of hydrogen-bond acceptors (Lipinski definition) is 1. The maximum Gasteiger partial charge on any atom is 0.323 e. The molecule has 0 radical (unpaired) electrons. The standard InChI is InChI=1S/C18H20N2O/c1-3-16-9-4-5-10-17(16)20-18(21)19-12-11-15-8-6-7-14(2)13-15/h4-13H,3H2,1-2H3,(H2,19,20,21)/b12-11+. The molecule has 21 heavy (non-hydrogen) atoms. The molecule has 0 aliphatic carbocycles. The van der Waals surface area contributed by atoms with Crippen molar-refractivity contribution < 1.29 is 4.79 Å². The van der Waals surface area contributed by atoms with Gasteiger partial charge in [0.1, 0.15) is 0 Å². The zero-order valence-corrected chi connectivity index (χ0v) is 12.4. The van der Waals surface area contributed by atoms with Gasteiger partial charge in [0.05, 0.1) is 0 Å². The number of anilines is 1. The summed E-state index contributed by atoms with van der Waals surface area (Å²) in [5, 5.41) is 5.58. The molecule has 0 unspecified atom stereocenters. The maximum absolute atomic E-state index is 11.9. The van der Waals surface area contributed by atoms with Gasteiger partial charge in [-0.1, -0.05) is 55.0 Å². The molecule has 0 aliphatic heterocycles. The van der Waals surface area contributed by atoms with Crippen LogP contribution in [0.15, 0.2) is 54.7 Å². The zero-order valence-electron chi connectivity index (χ0n) is 12.4. The molecule has 2 N–H and O–H groups in total. The summed E-state index contributed by atoms with van der Waals surface area (Å²) < 4.78 is 0. The number of nitrogens with one attached hydrogen (secondary N) is 2. The molecule has 2 rings (SSSR count). The molecule has 0 atom stereocenters. The fourth-order valence-electron chi connectivity index (χ4n) is 2.10. The van der Waals surface area contributed by atoms with E-state index >= 15 is 0 Å². The van der Waals surface area contributed by atoms with Crippen molar-refractivity contribution in [2.45, 2.75) is 20.3 Å². The van der Waals surface area contributed by atoms with E-state index in [1.807, 2.05) is 55.5 Å². The van der Waals surface area contributed by atoms with Crippen LogP contribution in [-0.2, 0) is 6.42 Å². The number of carbonyl (C=O) groups excluding carboxylic acids is 1. The Labute approximate surface area is 125 Å². The number of aryl methyl sites for hydroxylation is 2. The molecule has 0 spiro atoms. The lowest BCUT2D eigenvalue weighted by atomic mass is 10.1. The third-order valence-corrected chi connectivity index (χ3v) is 3.18. The van der Waals surface area contributed by atoms with Crippen LogP contribution in [-0.4, -0.2) is 6.03 Å². The molecule has 2 amide bonds. The molecule has 0 aliphatic rings. The summed E-state index contributed by atoms with van der Waals surface area (Å²) in [5.41, 5.74) is 4.22. The van der Waals surface area contributed by atoms with E-state index in [4.69, 9.17) is 0 Å². The first-order valence-corrected chi connectivity index (χ1v) is 7.07. The second-order valence-electron chi connectivity index (χ2n) is 4.86. The largest absolute Gasteiger partial charge is 0.323 e. The molecule has 0 heterocycles. The Bertz CT molecular complexity index is 647. The summed E-state index contributed by atoms with van der Waals surface area (Å²) in [5.74, 6) is 0. The third kappa shape index (κ3) is 4.49. The predicted octanol–water partition coefficient (Wildman–Crippen LogP) is 4.35. The van der Waals surface area contributed by atoms with Crippen LogP contribution in [0.5, 0.6) is 0 Å². The minimum absolute atomic E-state index is 0.236. The highest BCUT2D eigenvalue weighted by Crippen LogP contribution is 2.15. The minimum Gasteiger partial charge on any atom is -0.314 e. The molecule has 0 aromatic heterocycles. The van der Waals surface area contributed by atoms with Gasteiger partial charge < -0.3 is 10.6 Å². The topological polar surface area (TPSA) is 41.1 Å². The monoisotopic (exact) mass is 280 g/mol. The van der Waals surface area contributed by atoms with E-state index in [-0.39, 0.29) is 6.03 Å². The van der Waals surface area contributed by atoms with Gasteiger partial charge in [-0.2, -0.15) is 0 Å². The molecule has 3 nitrogen and oxygen atoms in total. The van der Waals surface area contributed by atoms with Crippen molar-refractivity contribution in [2.75, 3.05) is 5.32 Å². The van der Waals surface area contributed by atoms with Crippen molar-refractivity contribution in [1.29, 1.82) is 0 Å². The lowest BCUT2D eigenvalue weighted by molar-refractivity contribution is 0.255. The summed E-state index contributed by atoms with van der Waals surface area (Å²) in [6.07, 6.45) is 4.41. The van der Waals surface area contributed by atoms with Crippen LogP contribution >= 0.6 is 0 Å².